The van der Waals surface area contributed by atoms with Gasteiger partial charge in [-0.05, 0) is 45.8 Å². The Morgan fingerprint density at radius 2 is 2.22 bits per heavy atom. The monoisotopic (exact) mass is 406 g/mol. The molecule has 3 heterocycles. The number of nitrogens with zero attached hydrogens (tertiary/aromatic N) is 4. The summed E-state index contributed by atoms with van der Waals surface area (Å²) < 4.78 is 16.2. The molecule has 3 aromatic heterocycles. The lowest BCUT2D eigenvalue weighted by Gasteiger charge is -2.05. The fourth-order valence-corrected chi connectivity index (χ4v) is 4.92. The zero-order chi connectivity index (χ0) is 16.0. The van der Waals surface area contributed by atoms with E-state index in [0.717, 1.165) is 31.4 Å². The SMILES string of the molecule is C[S+]([O-])c1nc2c(Br)cc(Cn3cnc4cccnc43)cc2s1. The largest absolute Gasteiger partial charge is 0.610 e. The van der Waals surface area contributed by atoms with Gasteiger partial charge in [-0.15, -0.1) is 0 Å². The molecule has 116 valence electrons. The highest BCUT2D eigenvalue weighted by atomic mass is 79.9. The van der Waals surface area contributed by atoms with Crippen LogP contribution in [0.4, 0.5) is 0 Å². The molecule has 0 N–H and O–H groups in total. The van der Waals surface area contributed by atoms with Crippen molar-refractivity contribution in [2.45, 2.75) is 10.9 Å². The molecule has 4 rings (SSSR count). The van der Waals surface area contributed by atoms with Crippen LogP contribution < -0.4 is 0 Å². The van der Waals surface area contributed by atoms with Gasteiger partial charge in [-0.25, -0.2) is 9.97 Å². The summed E-state index contributed by atoms with van der Waals surface area (Å²) >= 11 is 3.97. The molecule has 0 saturated carbocycles. The van der Waals surface area contributed by atoms with E-state index in [1.807, 2.05) is 22.8 Å². The van der Waals surface area contributed by atoms with Gasteiger partial charge >= 0.3 is 4.34 Å². The third kappa shape index (κ3) is 2.76. The first-order chi connectivity index (χ1) is 11.1. The molecule has 0 fully saturated rings. The number of hydrogen-bond donors (Lipinski definition) is 0. The number of aromatic nitrogens is 4. The van der Waals surface area contributed by atoms with Crippen LogP contribution in [0.3, 0.4) is 0 Å². The number of benzene rings is 1. The summed E-state index contributed by atoms with van der Waals surface area (Å²) in [6.45, 7) is 0.671. The van der Waals surface area contributed by atoms with Crippen molar-refractivity contribution in [1.82, 2.24) is 19.5 Å². The molecular formula is C15H11BrN4OS2. The van der Waals surface area contributed by atoms with E-state index in [9.17, 15) is 4.55 Å². The van der Waals surface area contributed by atoms with Crippen LogP contribution in [0.1, 0.15) is 5.56 Å². The van der Waals surface area contributed by atoms with E-state index in [2.05, 4.69) is 36.9 Å². The van der Waals surface area contributed by atoms with Gasteiger partial charge in [-0.3, -0.25) is 0 Å². The van der Waals surface area contributed by atoms with Crippen molar-refractivity contribution in [3.05, 3.63) is 46.8 Å². The summed E-state index contributed by atoms with van der Waals surface area (Å²) in [6.07, 6.45) is 5.22. The Bertz CT molecular complexity index is 1010. The lowest BCUT2D eigenvalue weighted by molar-refractivity contribution is 0.600. The van der Waals surface area contributed by atoms with Crippen LogP contribution in [-0.2, 0) is 17.7 Å². The summed E-state index contributed by atoms with van der Waals surface area (Å²) in [7, 11) is 0. The number of pyridine rings is 1. The van der Waals surface area contributed by atoms with Crippen molar-refractivity contribution in [2.24, 2.45) is 0 Å². The molecule has 8 heteroatoms. The molecule has 1 unspecified atom stereocenters. The first-order valence-corrected chi connectivity index (χ1v) is 9.97. The maximum atomic E-state index is 11.6. The van der Waals surface area contributed by atoms with Crippen molar-refractivity contribution < 1.29 is 4.55 Å². The van der Waals surface area contributed by atoms with Crippen molar-refractivity contribution in [2.75, 3.05) is 6.26 Å². The maximum Gasteiger partial charge on any atom is 0.302 e. The third-order valence-electron chi connectivity index (χ3n) is 3.46. The first kappa shape index (κ1) is 15.1. The molecule has 0 bridgehead atoms. The van der Waals surface area contributed by atoms with Crippen LogP contribution in [0.5, 0.6) is 0 Å². The minimum absolute atomic E-state index is 0.646. The van der Waals surface area contributed by atoms with E-state index in [0.29, 0.717) is 10.9 Å². The van der Waals surface area contributed by atoms with Crippen molar-refractivity contribution in [3.8, 4) is 0 Å². The molecule has 0 aliphatic rings. The third-order valence-corrected chi connectivity index (χ3v) is 6.40. The molecule has 5 nitrogen and oxygen atoms in total. The van der Waals surface area contributed by atoms with Gasteiger partial charge in [0.1, 0.15) is 17.3 Å². The van der Waals surface area contributed by atoms with Crippen LogP contribution in [-0.4, -0.2) is 30.3 Å². The Balaban J connectivity index is 1.77. The van der Waals surface area contributed by atoms with Crippen LogP contribution in [0.15, 0.2) is 45.6 Å². The molecule has 0 aliphatic heterocycles. The first-order valence-electron chi connectivity index (χ1n) is 6.80. The Morgan fingerprint density at radius 1 is 1.35 bits per heavy atom. The predicted octanol–water partition coefficient (Wildman–Crippen LogP) is 3.59. The summed E-state index contributed by atoms with van der Waals surface area (Å²) in [5.74, 6) is 0. The molecule has 1 aromatic carbocycles. The van der Waals surface area contributed by atoms with Crippen molar-refractivity contribution in [1.29, 1.82) is 0 Å². The fraction of sp³-hybridized carbons (Fsp3) is 0.133. The summed E-state index contributed by atoms with van der Waals surface area (Å²) in [4.78, 5) is 13.2. The molecule has 0 saturated heterocycles. The van der Waals surface area contributed by atoms with Gasteiger partial charge in [-0.1, -0.05) is 11.3 Å². The number of imidazole rings is 1. The van der Waals surface area contributed by atoms with Crippen LogP contribution in [0.25, 0.3) is 21.4 Å². The van der Waals surface area contributed by atoms with Crippen LogP contribution >= 0.6 is 27.3 Å². The predicted molar refractivity (Wildman–Crippen MR) is 96.3 cm³/mol. The molecule has 23 heavy (non-hydrogen) atoms. The minimum Gasteiger partial charge on any atom is -0.610 e. The number of halogens is 1. The van der Waals surface area contributed by atoms with Gasteiger partial charge in [-0.2, -0.15) is 4.98 Å². The average Bonchev–Trinajstić information content (AvgIpc) is 3.12. The van der Waals surface area contributed by atoms with Gasteiger partial charge in [0.25, 0.3) is 0 Å². The molecule has 0 amide bonds. The summed E-state index contributed by atoms with van der Waals surface area (Å²) in [5, 5.41) is 0. The second kappa shape index (κ2) is 5.86. The Hall–Kier alpha value is -1.48. The highest BCUT2D eigenvalue weighted by molar-refractivity contribution is 9.10. The second-order valence-corrected chi connectivity index (χ2v) is 8.52. The number of rotatable bonds is 3. The minimum atomic E-state index is -1.07. The number of thiazole rings is 1. The quantitative estimate of drug-likeness (QED) is 0.487. The fourth-order valence-electron chi connectivity index (χ4n) is 2.45. The van der Waals surface area contributed by atoms with Crippen LogP contribution in [0.2, 0.25) is 0 Å². The van der Waals surface area contributed by atoms with Crippen molar-refractivity contribution in [3.63, 3.8) is 0 Å². The van der Waals surface area contributed by atoms with E-state index in [1.54, 1.807) is 18.8 Å². The van der Waals surface area contributed by atoms with E-state index < -0.39 is 11.2 Å². The maximum absolute atomic E-state index is 11.6. The molecule has 4 aromatic rings. The van der Waals surface area contributed by atoms with E-state index in [-0.39, 0.29) is 0 Å². The van der Waals surface area contributed by atoms with Crippen molar-refractivity contribution >= 4 is 59.8 Å². The molecule has 0 aliphatic carbocycles. The molecular weight excluding hydrogens is 396 g/mol. The second-order valence-electron chi connectivity index (χ2n) is 5.08. The van der Waals surface area contributed by atoms with E-state index in [4.69, 9.17) is 0 Å². The zero-order valence-corrected chi connectivity index (χ0v) is 15.3. The van der Waals surface area contributed by atoms with Crippen LogP contribution in [0, 0.1) is 0 Å². The smallest absolute Gasteiger partial charge is 0.302 e. The average molecular weight is 407 g/mol. The highest BCUT2D eigenvalue weighted by Gasteiger charge is 2.15. The van der Waals surface area contributed by atoms with E-state index in [1.165, 1.54) is 11.3 Å². The van der Waals surface area contributed by atoms with E-state index >= 15 is 0 Å². The highest BCUT2D eigenvalue weighted by Crippen LogP contribution is 2.32. The van der Waals surface area contributed by atoms with Gasteiger partial charge in [0, 0.05) is 21.8 Å². The molecule has 1 atom stereocenters. The lowest BCUT2D eigenvalue weighted by Crippen LogP contribution is -1.99. The Kier molecular flexibility index (Phi) is 3.84. The Labute approximate surface area is 147 Å². The van der Waals surface area contributed by atoms with Gasteiger partial charge in [0.05, 0.1) is 17.6 Å². The number of hydrogen-bond acceptors (Lipinski definition) is 5. The summed E-state index contributed by atoms with van der Waals surface area (Å²) in [6, 6.07) is 7.96. The van der Waals surface area contributed by atoms with Gasteiger partial charge in [0.15, 0.2) is 5.65 Å². The van der Waals surface area contributed by atoms with Gasteiger partial charge < -0.3 is 9.12 Å². The standard InChI is InChI=1S/C15H11BrN4OS2/c1-23(21)15-19-13-10(16)5-9(6-12(13)22-15)7-20-8-18-11-3-2-4-17-14(11)20/h2-6,8H,7H2,1H3. The van der Waals surface area contributed by atoms with Gasteiger partial charge in [0.2, 0.25) is 0 Å². The normalized spacial score (nSPS) is 13.0. The Morgan fingerprint density at radius 3 is 3.04 bits per heavy atom. The summed E-state index contributed by atoms with van der Waals surface area (Å²) in [5.41, 5.74) is 3.72. The molecule has 0 spiro atoms. The lowest BCUT2D eigenvalue weighted by atomic mass is 10.2. The zero-order valence-electron chi connectivity index (χ0n) is 12.1. The molecule has 0 radical (unpaired) electrons. The topological polar surface area (TPSA) is 66.7 Å². The number of fused-ring (bicyclic) bond motifs is 2.